The summed E-state index contributed by atoms with van der Waals surface area (Å²) in [4.78, 5) is 21.8. The molecule has 0 N–H and O–H groups in total. The minimum atomic E-state index is -0.0540. The monoisotopic (exact) mass is 426 g/mol. The van der Waals surface area contributed by atoms with Gasteiger partial charge in [0.15, 0.2) is 0 Å². The number of unbranched alkanes of at least 4 members (excludes halogenated alkanes) is 2. The Hall–Kier alpha value is -0.690. The number of ether oxygens (including phenoxy) is 1. The Balaban J connectivity index is 2.14. The van der Waals surface area contributed by atoms with Crippen molar-refractivity contribution < 1.29 is 9.53 Å². The maximum atomic E-state index is 12.6. The molecule has 1 fully saturated rings. The molecule has 0 aromatic carbocycles. The zero-order valence-electron chi connectivity index (χ0n) is 21.3. The summed E-state index contributed by atoms with van der Waals surface area (Å²) in [6.45, 7) is 24.5. The summed E-state index contributed by atoms with van der Waals surface area (Å²) in [6, 6.07) is 0. The number of rotatable bonds is 12. The molecule has 0 saturated carbocycles. The molecule has 1 amide bonds. The highest BCUT2D eigenvalue weighted by Gasteiger charge is 2.27. The number of nitrogens with zero attached hydrogens (tertiary/aromatic N) is 4. The first kappa shape index (κ1) is 27.3. The molecule has 0 bridgehead atoms. The molecular formula is C24H50N4O2. The number of hydrogen-bond acceptors (Lipinski definition) is 5. The molecule has 0 spiro atoms. The van der Waals surface area contributed by atoms with Crippen molar-refractivity contribution in [3.8, 4) is 0 Å². The van der Waals surface area contributed by atoms with Gasteiger partial charge in [-0.1, -0.05) is 13.3 Å². The second-order valence-electron chi connectivity index (χ2n) is 10.7. The Bertz CT molecular complexity index is 477. The Morgan fingerprint density at radius 1 is 0.900 bits per heavy atom. The van der Waals surface area contributed by atoms with Crippen LogP contribution in [0.4, 0.5) is 0 Å². The smallest absolute Gasteiger partial charge is 0.236 e. The summed E-state index contributed by atoms with van der Waals surface area (Å²) in [5.41, 5.74) is 0.139. The molecule has 0 radical (unpaired) electrons. The van der Waals surface area contributed by atoms with E-state index in [2.05, 4.69) is 70.2 Å². The zero-order valence-corrected chi connectivity index (χ0v) is 21.3. The predicted octanol–water partition coefficient (Wildman–Crippen LogP) is 3.17. The van der Waals surface area contributed by atoms with Gasteiger partial charge in [0, 0.05) is 38.3 Å². The molecule has 1 aliphatic heterocycles. The van der Waals surface area contributed by atoms with Gasteiger partial charge in [0.1, 0.15) is 0 Å². The second-order valence-corrected chi connectivity index (χ2v) is 10.7. The second kappa shape index (κ2) is 13.0. The van der Waals surface area contributed by atoms with Crippen molar-refractivity contribution in [2.45, 2.75) is 78.9 Å². The zero-order chi connectivity index (χ0) is 22.8. The van der Waals surface area contributed by atoms with Crippen LogP contribution < -0.4 is 0 Å². The predicted molar refractivity (Wildman–Crippen MR) is 127 cm³/mol. The van der Waals surface area contributed by atoms with Gasteiger partial charge < -0.3 is 14.5 Å². The fourth-order valence-electron chi connectivity index (χ4n) is 3.84. The highest BCUT2D eigenvalue weighted by molar-refractivity contribution is 5.78. The third-order valence-corrected chi connectivity index (χ3v) is 5.89. The fraction of sp³-hybridized carbons (Fsp3) is 0.958. The van der Waals surface area contributed by atoms with Crippen LogP contribution >= 0.6 is 0 Å². The van der Waals surface area contributed by atoms with Crippen molar-refractivity contribution in [3.05, 3.63) is 0 Å². The lowest BCUT2D eigenvalue weighted by Gasteiger charge is -2.42. The number of piperazine rings is 1. The van der Waals surface area contributed by atoms with E-state index in [-0.39, 0.29) is 17.0 Å². The minimum absolute atomic E-state index is 0.0540. The third kappa shape index (κ3) is 11.6. The number of hydrogen-bond donors (Lipinski definition) is 0. The molecular weight excluding hydrogens is 376 g/mol. The van der Waals surface area contributed by atoms with Gasteiger partial charge in [-0.15, -0.1) is 0 Å². The highest BCUT2D eigenvalue weighted by Crippen LogP contribution is 2.16. The fourth-order valence-corrected chi connectivity index (χ4v) is 3.84. The van der Waals surface area contributed by atoms with Crippen LogP contribution in [0.15, 0.2) is 0 Å². The molecule has 0 aromatic heterocycles. The van der Waals surface area contributed by atoms with E-state index in [9.17, 15) is 4.79 Å². The lowest BCUT2D eigenvalue weighted by atomic mass is 10.0. The molecule has 1 rings (SSSR count). The van der Waals surface area contributed by atoms with E-state index in [1.807, 2.05) is 4.90 Å². The average Bonchev–Trinajstić information content (AvgIpc) is 2.64. The van der Waals surface area contributed by atoms with Crippen molar-refractivity contribution in [1.29, 1.82) is 0 Å². The summed E-state index contributed by atoms with van der Waals surface area (Å²) in [5.74, 6) is 0.280. The Kier molecular flexibility index (Phi) is 11.8. The van der Waals surface area contributed by atoms with Gasteiger partial charge in [-0.25, -0.2) is 0 Å². The van der Waals surface area contributed by atoms with Gasteiger partial charge in [0.05, 0.1) is 18.8 Å². The lowest BCUT2D eigenvalue weighted by Crippen LogP contribution is -2.55. The van der Waals surface area contributed by atoms with Gasteiger partial charge >= 0.3 is 0 Å². The van der Waals surface area contributed by atoms with Crippen molar-refractivity contribution in [1.82, 2.24) is 19.6 Å². The molecule has 1 heterocycles. The van der Waals surface area contributed by atoms with Crippen LogP contribution in [0.25, 0.3) is 0 Å². The Labute approximate surface area is 186 Å². The molecule has 0 aliphatic carbocycles. The minimum Gasteiger partial charge on any atom is -0.375 e. The molecule has 0 unspecified atom stereocenters. The van der Waals surface area contributed by atoms with Crippen LogP contribution in [-0.2, 0) is 9.53 Å². The highest BCUT2D eigenvalue weighted by atomic mass is 16.5. The van der Waals surface area contributed by atoms with Crippen LogP contribution in [-0.4, -0.2) is 109 Å². The van der Waals surface area contributed by atoms with Crippen LogP contribution in [0.5, 0.6) is 0 Å². The van der Waals surface area contributed by atoms with Crippen molar-refractivity contribution in [2.75, 3.05) is 72.6 Å². The van der Waals surface area contributed by atoms with Crippen molar-refractivity contribution in [3.63, 3.8) is 0 Å². The SMILES string of the molecule is CCN(CCCCCN(C)CC(=O)N1CCN(C(C)(C)C)CC1)CCOC(C)(C)C. The summed E-state index contributed by atoms with van der Waals surface area (Å²) in [5, 5.41) is 0. The Morgan fingerprint density at radius 2 is 1.50 bits per heavy atom. The normalized spacial score (nSPS) is 16.7. The molecule has 178 valence electrons. The first-order chi connectivity index (χ1) is 13.9. The summed E-state index contributed by atoms with van der Waals surface area (Å²) >= 11 is 0. The van der Waals surface area contributed by atoms with Gasteiger partial charge in [-0.05, 0) is 81.1 Å². The van der Waals surface area contributed by atoms with Crippen LogP contribution in [0.2, 0.25) is 0 Å². The van der Waals surface area contributed by atoms with Gasteiger partial charge in [-0.2, -0.15) is 0 Å². The van der Waals surface area contributed by atoms with E-state index in [0.717, 1.165) is 65.4 Å². The first-order valence-electron chi connectivity index (χ1n) is 12.0. The van der Waals surface area contributed by atoms with Crippen LogP contribution in [0.1, 0.15) is 67.7 Å². The standard InChI is InChI=1S/C24H50N4O2/c1-9-26(19-20-30-24(5,6)7)14-12-10-11-13-25(8)21-22(29)27-15-17-28(18-16-27)23(2,3)4/h9-21H2,1-8H3. The van der Waals surface area contributed by atoms with E-state index < -0.39 is 0 Å². The van der Waals surface area contributed by atoms with E-state index >= 15 is 0 Å². The van der Waals surface area contributed by atoms with Gasteiger partial charge in [0.2, 0.25) is 5.91 Å². The largest absolute Gasteiger partial charge is 0.375 e. The van der Waals surface area contributed by atoms with Crippen LogP contribution in [0, 0.1) is 0 Å². The van der Waals surface area contributed by atoms with Gasteiger partial charge in [-0.3, -0.25) is 14.6 Å². The third-order valence-electron chi connectivity index (χ3n) is 5.89. The number of carbonyl (C=O) groups is 1. The molecule has 6 nitrogen and oxygen atoms in total. The molecule has 30 heavy (non-hydrogen) atoms. The molecule has 6 heteroatoms. The maximum Gasteiger partial charge on any atom is 0.236 e. The van der Waals surface area contributed by atoms with Crippen LogP contribution in [0.3, 0.4) is 0 Å². The van der Waals surface area contributed by atoms with Gasteiger partial charge in [0.25, 0.3) is 0 Å². The first-order valence-corrected chi connectivity index (χ1v) is 12.0. The summed E-state index contributed by atoms with van der Waals surface area (Å²) < 4.78 is 5.84. The molecule has 1 saturated heterocycles. The van der Waals surface area contributed by atoms with E-state index in [0.29, 0.717) is 6.54 Å². The van der Waals surface area contributed by atoms with E-state index in [4.69, 9.17) is 4.74 Å². The summed E-state index contributed by atoms with van der Waals surface area (Å²) in [6.07, 6.45) is 3.57. The average molecular weight is 427 g/mol. The molecule has 0 atom stereocenters. The number of likely N-dealkylation sites (N-methyl/N-ethyl adjacent to an activating group) is 2. The molecule has 0 aromatic rings. The molecule has 1 aliphatic rings. The number of amides is 1. The number of carbonyl (C=O) groups excluding carboxylic acids is 1. The van der Waals surface area contributed by atoms with E-state index in [1.54, 1.807) is 0 Å². The lowest BCUT2D eigenvalue weighted by molar-refractivity contribution is -0.134. The van der Waals surface area contributed by atoms with Crippen molar-refractivity contribution >= 4 is 5.91 Å². The van der Waals surface area contributed by atoms with Crippen molar-refractivity contribution in [2.24, 2.45) is 0 Å². The van der Waals surface area contributed by atoms with E-state index in [1.165, 1.54) is 12.8 Å². The quantitative estimate of drug-likeness (QED) is 0.448. The maximum absolute atomic E-state index is 12.6. The summed E-state index contributed by atoms with van der Waals surface area (Å²) in [7, 11) is 2.07. The Morgan fingerprint density at radius 3 is 2.03 bits per heavy atom. The topological polar surface area (TPSA) is 39.3 Å².